The van der Waals surface area contributed by atoms with Gasteiger partial charge in [0.15, 0.2) is 11.5 Å². The summed E-state index contributed by atoms with van der Waals surface area (Å²) in [6, 6.07) is 2.33. The number of aromatic hydroxyl groups is 1. The van der Waals surface area contributed by atoms with Crippen LogP contribution in [0, 0.1) is 22.0 Å². The van der Waals surface area contributed by atoms with E-state index < -0.39 is 16.4 Å². The Hall–Kier alpha value is -1.57. The van der Waals surface area contributed by atoms with Crippen molar-refractivity contribution in [2.45, 2.75) is 39.6 Å². The van der Waals surface area contributed by atoms with Crippen LogP contribution in [0.15, 0.2) is 12.1 Å². The topological polar surface area (TPSA) is 91.1 Å². The first-order chi connectivity index (χ1) is 11.2. The second-order valence-electron chi connectivity index (χ2n) is 6.42. The van der Waals surface area contributed by atoms with Gasteiger partial charge in [0, 0.05) is 24.0 Å². The molecule has 1 saturated heterocycles. The van der Waals surface area contributed by atoms with E-state index in [1.807, 2.05) is 27.7 Å². The summed E-state index contributed by atoms with van der Waals surface area (Å²) >= 11 is 5.74. The maximum atomic E-state index is 11.1. The minimum absolute atomic E-state index is 0.0250. The fourth-order valence-corrected chi connectivity index (χ4v) is 3.14. The average molecular weight is 360 g/mol. The van der Waals surface area contributed by atoms with Crippen LogP contribution < -0.4 is 4.74 Å². The van der Waals surface area contributed by atoms with Crippen molar-refractivity contribution in [2.75, 3.05) is 13.2 Å². The highest BCUT2D eigenvalue weighted by Gasteiger charge is 2.47. The van der Waals surface area contributed by atoms with Gasteiger partial charge in [0.25, 0.3) is 0 Å². The Bertz CT molecular complexity index is 611. The van der Waals surface area contributed by atoms with E-state index in [9.17, 15) is 15.2 Å². The summed E-state index contributed by atoms with van der Waals surface area (Å²) in [6.45, 7) is 8.39. The van der Waals surface area contributed by atoms with Gasteiger partial charge < -0.3 is 19.3 Å². The van der Waals surface area contributed by atoms with E-state index in [2.05, 4.69) is 0 Å². The van der Waals surface area contributed by atoms with Crippen molar-refractivity contribution in [3.63, 3.8) is 0 Å². The molecule has 1 aromatic carbocycles. The Balaban J connectivity index is 2.12. The first-order valence-corrected chi connectivity index (χ1v) is 8.16. The van der Waals surface area contributed by atoms with Gasteiger partial charge in [0.1, 0.15) is 12.7 Å². The standard InChI is InChI=1S/C16H22ClNO6/c1-9(2)16(10(3)4)23-8-12(24-16)7-22-15-13(18(20)21)5-11(17)6-14(15)19/h5-6,9-10,12,19H,7-8H2,1-4H3. The number of benzene rings is 1. The Labute approximate surface area is 145 Å². The molecule has 0 spiro atoms. The molecule has 1 aliphatic rings. The average Bonchev–Trinajstić information content (AvgIpc) is 2.91. The highest BCUT2D eigenvalue weighted by molar-refractivity contribution is 6.31. The molecule has 2 rings (SSSR count). The van der Waals surface area contributed by atoms with Crippen LogP contribution in [0.4, 0.5) is 5.69 Å². The molecule has 0 radical (unpaired) electrons. The van der Waals surface area contributed by atoms with Gasteiger partial charge >= 0.3 is 5.69 Å². The molecule has 134 valence electrons. The zero-order chi connectivity index (χ0) is 18.1. The fraction of sp³-hybridized carbons (Fsp3) is 0.625. The van der Waals surface area contributed by atoms with Gasteiger partial charge in [0.05, 0.1) is 16.6 Å². The van der Waals surface area contributed by atoms with E-state index in [0.29, 0.717) is 6.61 Å². The molecular formula is C16H22ClNO6. The number of hydrogen-bond donors (Lipinski definition) is 1. The molecule has 1 atom stereocenters. The SMILES string of the molecule is CC(C)C1(C(C)C)OCC(COc2c(O)cc(Cl)cc2[N+](=O)[O-])O1. The molecule has 0 bridgehead atoms. The third-order valence-electron chi connectivity index (χ3n) is 4.08. The molecular weight excluding hydrogens is 338 g/mol. The lowest BCUT2D eigenvalue weighted by Crippen LogP contribution is -2.42. The molecule has 0 amide bonds. The summed E-state index contributed by atoms with van der Waals surface area (Å²) < 4.78 is 17.4. The van der Waals surface area contributed by atoms with Crippen molar-refractivity contribution in [1.82, 2.24) is 0 Å². The third kappa shape index (κ3) is 3.58. The highest BCUT2D eigenvalue weighted by atomic mass is 35.5. The second kappa shape index (κ2) is 7.13. The highest BCUT2D eigenvalue weighted by Crippen LogP contribution is 2.41. The number of halogens is 1. The summed E-state index contributed by atoms with van der Waals surface area (Å²) in [4.78, 5) is 10.5. The van der Waals surface area contributed by atoms with Crippen molar-refractivity contribution in [3.8, 4) is 11.5 Å². The molecule has 0 aromatic heterocycles. The van der Waals surface area contributed by atoms with Crippen molar-refractivity contribution in [3.05, 3.63) is 27.3 Å². The molecule has 7 nitrogen and oxygen atoms in total. The zero-order valence-electron chi connectivity index (χ0n) is 14.1. The fourth-order valence-electron chi connectivity index (χ4n) is 2.93. The Morgan fingerprint density at radius 1 is 1.42 bits per heavy atom. The second-order valence-corrected chi connectivity index (χ2v) is 6.86. The lowest BCUT2D eigenvalue weighted by Gasteiger charge is -2.35. The van der Waals surface area contributed by atoms with Gasteiger partial charge in [-0.1, -0.05) is 39.3 Å². The Morgan fingerprint density at radius 2 is 2.04 bits per heavy atom. The number of nitro groups is 1. The van der Waals surface area contributed by atoms with Crippen molar-refractivity contribution in [2.24, 2.45) is 11.8 Å². The minimum Gasteiger partial charge on any atom is -0.504 e. The van der Waals surface area contributed by atoms with Gasteiger partial charge in [-0.15, -0.1) is 0 Å². The number of phenols is 1. The van der Waals surface area contributed by atoms with Crippen LogP contribution in [0.25, 0.3) is 0 Å². The zero-order valence-corrected chi connectivity index (χ0v) is 14.9. The van der Waals surface area contributed by atoms with Crippen LogP contribution in [0.3, 0.4) is 0 Å². The first-order valence-electron chi connectivity index (χ1n) is 7.78. The summed E-state index contributed by atoms with van der Waals surface area (Å²) in [5.41, 5.74) is -0.391. The quantitative estimate of drug-likeness (QED) is 0.614. The van der Waals surface area contributed by atoms with Crippen LogP contribution in [0.2, 0.25) is 5.02 Å². The molecule has 1 aliphatic heterocycles. The maximum Gasteiger partial charge on any atom is 0.316 e. The molecule has 1 heterocycles. The predicted molar refractivity (Wildman–Crippen MR) is 88.5 cm³/mol. The van der Waals surface area contributed by atoms with Gasteiger partial charge in [-0.05, 0) is 0 Å². The molecule has 1 N–H and O–H groups in total. The number of nitro benzene ring substituents is 1. The molecule has 0 aliphatic carbocycles. The van der Waals surface area contributed by atoms with Crippen LogP contribution in [0.5, 0.6) is 11.5 Å². The summed E-state index contributed by atoms with van der Waals surface area (Å²) in [5, 5.41) is 21.1. The van der Waals surface area contributed by atoms with Crippen LogP contribution in [-0.2, 0) is 9.47 Å². The number of rotatable bonds is 6. The van der Waals surface area contributed by atoms with Gasteiger partial charge in [-0.2, -0.15) is 0 Å². The summed E-state index contributed by atoms with van der Waals surface area (Å²) in [5.74, 6) is -1.03. The van der Waals surface area contributed by atoms with E-state index in [1.54, 1.807) is 0 Å². The normalized spacial score (nSPS) is 19.9. The van der Waals surface area contributed by atoms with Crippen LogP contribution in [0.1, 0.15) is 27.7 Å². The van der Waals surface area contributed by atoms with Gasteiger partial charge in [-0.3, -0.25) is 10.1 Å². The van der Waals surface area contributed by atoms with E-state index in [0.717, 1.165) is 6.07 Å². The first kappa shape index (κ1) is 18.8. The number of hydrogen-bond acceptors (Lipinski definition) is 6. The van der Waals surface area contributed by atoms with Crippen molar-refractivity contribution >= 4 is 17.3 Å². The molecule has 0 saturated carbocycles. The van der Waals surface area contributed by atoms with Crippen LogP contribution >= 0.6 is 11.6 Å². The van der Waals surface area contributed by atoms with E-state index >= 15 is 0 Å². The maximum absolute atomic E-state index is 11.1. The summed E-state index contributed by atoms with van der Waals surface area (Å²) in [6.07, 6.45) is -0.385. The number of nitrogens with zero attached hydrogens (tertiary/aromatic N) is 1. The monoisotopic (exact) mass is 359 g/mol. The summed E-state index contributed by atoms with van der Waals surface area (Å²) in [7, 11) is 0. The van der Waals surface area contributed by atoms with E-state index in [-0.39, 0.29) is 41.1 Å². The van der Waals surface area contributed by atoms with Gasteiger partial charge in [-0.25, -0.2) is 0 Å². The minimum atomic E-state index is -0.706. The molecule has 8 heteroatoms. The lowest BCUT2D eigenvalue weighted by atomic mass is 9.91. The Kier molecular flexibility index (Phi) is 5.57. The third-order valence-corrected chi connectivity index (χ3v) is 4.30. The lowest BCUT2D eigenvalue weighted by molar-refractivity contribution is -0.386. The van der Waals surface area contributed by atoms with E-state index in [4.69, 9.17) is 25.8 Å². The molecule has 1 fully saturated rings. The smallest absolute Gasteiger partial charge is 0.316 e. The van der Waals surface area contributed by atoms with Crippen molar-refractivity contribution < 1.29 is 24.2 Å². The number of phenolic OH excluding ortho intramolecular Hbond substituents is 1. The number of ether oxygens (including phenoxy) is 3. The van der Waals surface area contributed by atoms with Gasteiger partial charge in [0.2, 0.25) is 5.75 Å². The van der Waals surface area contributed by atoms with Crippen molar-refractivity contribution in [1.29, 1.82) is 0 Å². The Morgan fingerprint density at radius 3 is 2.54 bits per heavy atom. The van der Waals surface area contributed by atoms with E-state index in [1.165, 1.54) is 6.07 Å². The molecule has 1 aromatic rings. The molecule has 24 heavy (non-hydrogen) atoms. The van der Waals surface area contributed by atoms with Crippen LogP contribution in [-0.4, -0.2) is 35.1 Å². The predicted octanol–water partition coefficient (Wildman–Crippen LogP) is 3.76. The molecule has 1 unspecified atom stereocenters. The largest absolute Gasteiger partial charge is 0.504 e.